The van der Waals surface area contributed by atoms with Gasteiger partial charge in [-0.1, -0.05) is 0 Å². The first-order chi connectivity index (χ1) is 10.7. The van der Waals surface area contributed by atoms with E-state index in [-0.39, 0.29) is 5.82 Å². The van der Waals surface area contributed by atoms with E-state index in [1.807, 2.05) is 0 Å². The molecule has 0 saturated carbocycles. The molecule has 4 rings (SSSR count). The van der Waals surface area contributed by atoms with Gasteiger partial charge in [-0.25, -0.2) is 4.39 Å². The lowest BCUT2D eigenvalue weighted by Gasteiger charge is -2.48. The number of anilines is 1. The normalized spacial score (nSPS) is 29.6. The summed E-state index contributed by atoms with van der Waals surface area (Å²) in [5.74, 6) is 3.74. The molecule has 0 aromatic heterocycles. The van der Waals surface area contributed by atoms with Gasteiger partial charge in [-0.05, 0) is 61.8 Å². The maximum Gasteiger partial charge on any atom is 0.170 e. The van der Waals surface area contributed by atoms with Gasteiger partial charge in [0, 0.05) is 30.7 Å². The molecule has 4 atom stereocenters. The van der Waals surface area contributed by atoms with Gasteiger partial charge < -0.3 is 10.6 Å². The Morgan fingerprint density at radius 1 is 1.41 bits per heavy atom. The van der Waals surface area contributed by atoms with E-state index in [9.17, 15) is 4.39 Å². The highest BCUT2D eigenvalue weighted by atomic mass is 32.1. The predicted octanol–water partition coefficient (Wildman–Crippen LogP) is 2.46. The van der Waals surface area contributed by atoms with Crippen molar-refractivity contribution >= 4 is 23.0 Å². The minimum Gasteiger partial charge on any atom is -0.361 e. The Hall–Kier alpha value is -1.64. The lowest BCUT2D eigenvalue weighted by Crippen LogP contribution is -2.56. The van der Waals surface area contributed by atoms with Gasteiger partial charge in [0.15, 0.2) is 5.11 Å². The SMILES string of the molecule is C#CC1CN2CCC1CC2CNC(=S)Nc1ccc(F)cc1. The molecule has 1 aromatic rings. The number of terminal acetylenes is 1. The lowest BCUT2D eigenvalue weighted by atomic mass is 9.76. The van der Waals surface area contributed by atoms with Crippen molar-refractivity contribution in [3.8, 4) is 12.3 Å². The third kappa shape index (κ3) is 3.40. The van der Waals surface area contributed by atoms with Gasteiger partial charge in [0.05, 0.1) is 0 Å². The number of benzene rings is 1. The third-order valence-electron chi connectivity index (χ3n) is 4.69. The Morgan fingerprint density at radius 2 is 2.18 bits per heavy atom. The number of nitrogens with one attached hydrogen (secondary N) is 2. The summed E-state index contributed by atoms with van der Waals surface area (Å²) in [6.45, 7) is 2.96. The van der Waals surface area contributed by atoms with E-state index in [0.717, 1.165) is 31.7 Å². The van der Waals surface area contributed by atoms with Crippen LogP contribution in [0.4, 0.5) is 10.1 Å². The standard InChI is InChI=1S/C17H20FN3S/c1-2-12-11-21-8-7-13(12)9-16(21)10-19-17(22)20-15-5-3-14(18)4-6-15/h1,3-6,12-13,16H,7-11H2,(H2,19,20,22). The maximum atomic E-state index is 12.9. The molecule has 5 heteroatoms. The average molecular weight is 317 g/mol. The van der Waals surface area contributed by atoms with Crippen molar-refractivity contribution in [3.05, 3.63) is 30.1 Å². The summed E-state index contributed by atoms with van der Waals surface area (Å²) >= 11 is 5.30. The smallest absolute Gasteiger partial charge is 0.170 e. The maximum absolute atomic E-state index is 12.9. The van der Waals surface area contributed by atoms with Crippen molar-refractivity contribution in [2.24, 2.45) is 11.8 Å². The fraction of sp³-hybridized carbons (Fsp3) is 0.471. The molecule has 3 heterocycles. The Balaban J connectivity index is 1.48. The van der Waals surface area contributed by atoms with E-state index >= 15 is 0 Å². The predicted molar refractivity (Wildman–Crippen MR) is 91.0 cm³/mol. The zero-order valence-corrected chi connectivity index (χ0v) is 13.2. The molecule has 0 amide bonds. The number of fused-ring (bicyclic) bond motifs is 3. The van der Waals surface area contributed by atoms with Crippen LogP contribution in [0.15, 0.2) is 24.3 Å². The highest BCUT2D eigenvalue weighted by Crippen LogP contribution is 2.35. The van der Waals surface area contributed by atoms with Gasteiger partial charge in [0.2, 0.25) is 0 Å². The van der Waals surface area contributed by atoms with Gasteiger partial charge >= 0.3 is 0 Å². The molecular weight excluding hydrogens is 297 g/mol. The van der Waals surface area contributed by atoms with E-state index in [4.69, 9.17) is 18.6 Å². The molecule has 4 unspecified atom stereocenters. The highest BCUT2D eigenvalue weighted by Gasteiger charge is 2.38. The summed E-state index contributed by atoms with van der Waals surface area (Å²) < 4.78 is 12.9. The summed E-state index contributed by atoms with van der Waals surface area (Å²) in [5.41, 5.74) is 0.789. The van der Waals surface area contributed by atoms with E-state index in [1.54, 1.807) is 12.1 Å². The molecule has 116 valence electrons. The molecule has 3 nitrogen and oxygen atoms in total. The first-order valence-corrected chi connectivity index (χ1v) is 8.07. The number of thiocarbonyl (C=S) groups is 1. The molecule has 3 fully saturated rings. The van der Waals surface area contributed by atoms with Gasteiger partial charge in [0.1, 0.15) is 5.82 Å². The van der Waals surface area contributed by atoms with Gasteiger partial charge in [-0.15, -0.1) is 12.3 Å². The molecule has 1 aromatic carbocycles. The molecule has 3 aliphatic heterocycles. The zero-order valence-electron chi connectivity index (χ0n) is 12.4. The van der Waals surface area contributed by atoms with Crippen molar-refractivity contribution in [1.29, 1.82) is 0 Å². The van der Waals surface area contributed by atoms with Crippen LogP contribution in [0.3, 0.4) is 0 Å². The number of hydrogen-bond acceptors (Lipinski definition) is 2. The third-order valence-corrected chi connectivity index (χ3v) is 4.94. The van der Waals surface area contributed by atoms with E-state index in [1.165, 1.54) is 18.6 Å². The summed E-state index contributed by atoms with van der Waals surface area (Å²) in [6.07, 6.45) is 7.96. The van der Waals surface area contributed by atoms with Crippen LogP contribution < -0.4 is 10.6 Å². The summed E-state index contributed by atoms with van der Waals surface area (Å²) in [7, 11) is 0. The second kappa shape index (κ2) is 6.64. The second-order valence-corrected chi connectivity index (χ2v) is 6.46. The molecule has 2 bridgehead atoms. The number of halogens is 1. The first kappa shape index (κ1) is 15.3. The Morgan fingerprint density at radius 3 is 2.82 bits per heavy atom. The largest absolute Gasteiger partial charge is 0.361 e. The number of piperidine rings is 3. The van der Waals surface area contributed by atoms with Gasteiger partial charge in [-0.3, -0.25) is 4.90 Å². The summed E-state index contributed by atoms with van der Waals surface area (Å²) in [4.78, 5) is 2.47. The van der Waals surface area contributed by atoms with E-state index < -0.39 is 0 Å². The monoisotopic (exact) mass is 317 g/mol. The van der Waals surface area contributed by atoms with Crippen molar-refractivity contribution in [3.63, 3.8) is 0 Å². The molecule has 2 N–H and O–H groups in total. The molecule has 22 heavy (non-hydrogen) atoms. The van der Waals surface area contributed by atoms with Crippen LogP contribution in [0.1, 0.15) is 12.8 Å². The van der Waals surface area contributed by atoms with Crippen molar-refractivity contribution in [2.75, 3.05) is 25.0 Å². The summed E-state index contributed by atoms with van der Waals surface area (Å²) in [6, 6.07) is 6.67. The molecular formula is C17H20FN3S. The van der Waals surface area contributed by atoms with Crippen molar-refractivity contribution in [2.45, 2.75) is 18.9 Å². The molecule has 3 saturated heterocycles. The number of rotatable bonds is 3. The van der Waals surface area contributed by atoms with Gasteiger partial charge in [-0.2, -0.15) is 0 Å². The minimum absolute atomic E-state index is 0.251. The van der Waals surface area contributed by atoms with Crippen LogP contribution in [0.5, 0.6) is 0 Å². The van der Waals surface area contributed by atoms with E-state index in [2.05, 4.69) is 21.5 Å². The summed E-state index contributed by atoms with van der Waals surface area (Å²) in [5, 5.41) is 6.91. The average Bonchev–Trinajstić information content (AvgIpc) is 2.55. The number of nitrogens with zero attached hydrogens (tertiary/aromatic N) is 1. The molecule has 3 aliphatic rings. The van der Waals surface area contributed by atoms with Crippen LogP contribution in [-0.4, -0.2) is 35.7 Å². The van der Waals surface area contributed by atoms with Crippen LogP contribution in [0, 0.1) is 30.0 Å². The van der Waals surface area contributed by atoms with Crippen molar-refractivity contribution < 1.29 is 4.39 Å². The Labute approximate surface area is 136 Å². The second-order valence-electron chi connectivity index (χ2n) is 6.05. The first-order valence-electron chi connectivity index (χ1n) is 7.66. The lowest BCUT2D eigenvalue weighted by molar-refractivity contribution is 0.0248. The van der Waals surface area contributed by atoms with Crippen LogP contribution in [0.25, 0.3) is 0 Å². The fourth-order valence-electron chi connectivity index (χ4n) is 3.46. The van der Waals surface area contributed by atoms with Crippen molar-refractivity contribution in [1.82, 2.24) is 10.2 Å². The Kier molecular flexibility index (Phi) is 4.60. The molecule has 0 radical (unpaired) electrons. The zero-order chi connectivity index (χ0) is 15.5. The van der Waals surface area contributed by atoms with Crippen LogP contribution in [0.2, 0.25) is 0 Å². The topological polar surface area (TPSA) is 27.3 Å². The molecule has 0 spiro atoms. The molecule has 0 aliphatic carbocycles. The Bertz CT molecular complexity index is 581. The van der Waals surface area contributed by atoms with Crippen LogP contribution in [-0.2, 0) is 0 Å². The quantitative estimate of drug-likeness (QED) is 0.661. The van der Waals surface area contributed by atoms with E-state index in [0.29, 0.717) is 23.0 Å². The highest BCUT2D eigenvalue weighted by molar-refractivity contribution is 7.80. The number of hydrogen-bond donors (Lipinski definition) is 2. The fourth-order valence-corrected chi connectivity index (χ4v) is 3.66. The minimum atomic E-state index is -0.251. The van der Waals surface area contributed by atoms with Crippen LogP contribution >= 0.6 is 12.2 Å². The van der Waals surface area contributed by atoms with Gasteiger partial charge in [0.25, 0.3) is 0 Å².